The summed E-state index contributed by atoms with van der Waals surface area (Å²) in [6.07, 6.45) is 0. The molecule has 0 aliphatic heterocycles. The minimum absolute atomic E-state index is 0.139. The third-order valence-corrected chi connectivity index (χ3v) is 6.70. The molecule has 0 atom stereocenters. The monoisotopic (exact) mass is 479 g/mol. The average molecular weight is 480 g/mol. The summed E-state index contributed by atoms with van der Waals surface area (Å²) in [6.45, 7) is 0. The zero-order valence-corrected chi connectivity index (χ0v) is 19.6. The lowest BCUT2D eigenvalue weighted by Gasteiger charge is -2.11. The van der Waals surface area contributed by atoms with Crippen LogP contribution in [0.5, 0.6) is 11.5 Å². The van der Waals surface area contributed by atoms with Gasteiger partial charge in [0, 0.05) is 16.6 Å². The first-order valence-corrected chi connectivity index (χ1v) is 11.8. The lowest BCUT2D eigenvalue weighted by Crippen LogP contribution is -2.16. The first-order valence-electron chi connectivity index (χ1n) is 9.98. The highest BCUT2D eigenvalue weighted by molar-refractivity contribution is 8.00. The summed E-state index contributed by atoms with van der Waals surface area (Å²) in [7, 11) is 3.09. The molecule has 0 bridgehead atoms. The van der Waals surface area contributed by atoms with E-state index in [-0.39, 0.29) is 17.6 Å². The molecule has 1 heterocycles. The predicted molar refractivity (Wildman–Crippen MR) is 133 cm³/mol. The number of ether oxygens (including phenoxy) is 2. The number of fused-ring (bicyclic) bond motifs is 1. The molecular weight excluding hydrogens is 458 g/mol. The number of hydrogen-bond donors (Lipinski definition) is 2. The third kappa shape index (κ3) is 5.44. The number of carbonyl (C=O) groups excluding carboxylic acids is 2. The van der Waals surface area contributed by atoms with Gasteiger partial charge in [-0.05, 0) is 36.4 Å². The van der Waals surface area contributed by atoms with Crippen molar-refractivity contribution < 1.29 is 19.1 Å². The molecule has 0 aliphatic rings. The Morgan fingerprint density at radius 3 is 2.48 bits per heavy atom. The Morgan fingerprint density at radius 2 is 1.70 bits per heavy atom. The first kappa shape index (κ1) is 22.6. The van der Waals surface area contributed by atoms with Gasteiger partial charge in [-0.15, -0.1) is 11.8 Å². The van der Waals surface area contributed by atoms with Gasteiger partial charge in [-0.3, -0.25) is 14.9 Å². The molecule has 0 unspecified atom stereocenters. The number of rotatable bonds is 8. The van der Waals surface area contributed by atoms with Crippen LogP contribution in [0.4, 0.5) is 10.8 Å². The van der Waals surface area contributed by atoms with E-state index in [1.807, 2.05) is 36.4 Å². The van der Waals surface area contributed by atoms with Crippen LogP contribution in [0.25, 0.3) is 10.2 Å². The van der Waals surface area contributed by atoms with E-state index in [2.05, 4.69) is 15.6 Å². The van der Waals surface area contributed by atoms with Crippen molar-refractivity contribution in [1.82, 2.24) is 4.98 Å². The van der Waals surface area contributed by atoms with Crippen LogP contribution in [-0.4, -0.2) is 36.8 Å². The maximum atomic E-state index is 12.9. The molecule has 0 saturated heterocycles. The van der Waals surface area contributed by atoms with E-state index in [0.29, 0.717) is 32.8 Å². The van der Waals surface area contributed by atoms with Crippen molar-refractivity contribution >= 4 is 55.9 Å². The molecule has 168 valence electrons. The first-order chi connectivity index (χ1) is 16.1. The molecule has 33 heavy (non-hydrogen) atoms. The van der Waals surface area contributed by atoms with E-state index >= 15 is 0 Å². The van der Waals surface area contributed by atoms with Crippen molar-refractivity contribution in [3.05, 3.63) is 72.3 Å². The molecule has 4 rings (SSSR count). The second-order valence-corrected chi connectivity index (χ2v) is 8.89. The SMILES string of the molecule is COc1ccc(NC(=O)CSc2ccccc2C(=O)Nc2nc3ccccc3s2)cc1OC. The fourth-order valence-corrected chi connectivity index (χ4v) is 4.84. The largest absolute Gasteiger partial charge is 0.493 e. The zero-order chi connectivity index (χ0) is 23.2. The van der Waals surface area contributed by atoms with Gasteiger partial charge in [0.2, 0.25) is 5.91 Å². The average Bonchev–Trinajstić information content (AvgIpc) is 3.25. The van der Waals surface area contributed by atoms with E-state index in [4.69, 9.17) is 9.47 Å². The Hall–Kier alpha value is -3.56. The number of nitrogens with one attached hydrogen (secondary N) is 2. The molecule has 0 saturated carbocycles. The number of aromatic nitrogens is 1. The molecule has 0 spiro atoms. The molecule has 9 heteroatoms. The molecular formula is C24H21N3O4S2. The summed E-state index contributed by atoms with van der Waals surface area (Å²) < 4.78 is 11.5. The summed E-state index contributed by atoms with van der Waals surface area (Å²) >= 11 is 2.71. The Kier molecular flexibility index (Phi) is 7.11. The Balaban J connectivity index is 1.41. The van der Waals surface area contributed by atoms with Gasteiger partial charge in [-0.1, -0.05) is 35.6 Å². The minimum Gasteiger partial charge on any atom is -0.493 e. The van der Waals surface area contributed by atoms with E-state index in [0.717, 1.165) is 10.2 Å². The molecule has 3 aromatic carbocycles. The lowest BCUT2D eigenvalue weighted by atomic mass is 10.2. The normalized spacial score (nSPS) is 10.6. The smallest absolute Gasteiger partial charge is 0.258 e. The maximum absolute atomic E-state index is 12.9. The highest BCUT2D eigenvalue weighted by atomic mass is 32.2. The van der Waals surface area contributed by atoms with Gasteiger partial charge in [0.1, 0.15) is 0 Å². The number of anilines is 2. The minimum atomic E-state index is -0.266. The summed E-state index contributed by atoms with van der Waals surface area (Å²) in [5.74, 6) is 0.781. The van der Waals surface area contributed by atoms with E-state index in [1.54, 1.807) is 37.4 Å². The van der Waals surface area contributed by atoms with Crippen molar-refractivity contribution in [2.24, 2.45) is 0 Å². The second-order valence-electron chi connectivity index (χ2n) is 6.84. The van der Waals surface area contributed by atoms with Crippen LogP contribution in [0, 0.1) is 0 Å². The third-order valence-electron chi connectivity index (χ3n) is 4.67. The number of methoxy groups -OCH3 is 2. The molecule has 4 aromatic rings. The quantitative estimate of drug-likeness (QED) is 0.334. The van der Waals surface area contributed by atoms with Crippen molar-refractivity contribution in [1.29, 1.82) is 0 Å². The van der Waals surface area contributed by atoms with Crippen LogP contribution in [-0.2, 0) is 4.79 Å². The van der Waals surface area contributed by atoms with Gasteiger partial charge >= 0.3 is 0 Å². The molecule has 0 aliphatic carbocycles. The van der Waals surface area contributed by atoms with E-state index < -0.39 is 0 Å². The Labute approximate surface area is 199 Å². The number of thioether (sulfide) groups is 1. The fourth-order valence-electron chi connectivity index (χ4n) is 3.12. The van der Waals surface area contributed by atoms with Crippen LogP contribution in [0.15, 0.2) is 71.6 Å². The van der Waals surface area contributed by atoms with Crippen molar-refractivity contribution in [3.8, 4) is 11.5 Å². The Morgan fingerprint density at radius 1 is 0.939 bits per heavy atom. The summed E-state index contributed by atoms with van der Waals surface area (Å²) in [5.41, 5.74) is 1.92. The van der Waals surface area contributed by atoms with Crippen LogP contribution in [0.3, 0.4) is 0 Å². The van der Waals surface area contributed by atoms with Crippen LogP contribution >= 0.6 is 23.1 Å². The summed E-state index contributed by atoms with van der Waals surface area (Å²) in [6, 6.07) is 20.1. The maximum Gasteiger partial charge on any atom is 0.258 e. The number of thiazole rings is 1. The van der Waals surface area contributed by atoms with Gasteiger partial charge in [-0.2, -0.15) is 0 Å². The Bertz CT molecular complexity index is 1270. The van der Waals surface area contributed by atoms with Crippen LogP contribution in [0.2, 0.25) is 0 Å². The number of carbonyl (C=O) groups is 2. The molecule has 2 amide bonds. The van der Waals surface area contributed by atoms with E-state index in [9.17, 15) is 9.59 Å². The zero-order valence-electron chi connectivity index (χ0n) is 18.0. The molecule has 7 nitrogen and oxygen atoms in total. The summed E-state index contributed by atoms with van der Waals surface area (Å²) in [4.78, 5) is 30.6. The van der Waals surface area contributed by atoms with Gasteiger partial charge in [-0.25, -0.2) is 4.98 Å². The molecule has 0 fully saturated rings. The van der Waals surface area contributed by atoms with Gasteiger partial charge < -0.3 is 14.8 Å². The number of para-hydroxylation sites is 1. The van der Waals surface area contributed by atoms with Crippen LogP contribution < -0.4 is 20.1 Å². The van der Waals surface area contributed by atoms with Crippen molar-refractivity contribution in [3.63, 3.8) is 0 Å². The van der Waals surface area contributed by atoms with E-state index in [1.165, 1.54) is 30.2 Å². The number of hydrogen-bond acceptors (Lipinski definition) is 7. The second kappa shape index (κ2) is 10.4. The highest BCUT2D eigenvalue weighted by Crippen LogP contribution is 2.31. The standard InChI is InChI=1S/C24H21N3O4S2/c1-30-18-12-11-15(13-19(18)31-2)25-22(28)14-32-20-9-5-3-7-16(20)23(29)27-24-26-17-8-4-6-10-21(17)33-24/h3-13H,14H2,1-2H3,(H,25,28)(H,26,27,29). The van der Waals surface area contributed by atoms with Crippen molar-refractivity contribution in [2.75, 3.05) is 30.6 Å². The molecule has 1 aromatic heterocycles. The fraction of sp³-hybridized carbons (Fsp3) is 0.125. The topological polar surface area (TPSA) is 89.5 Å². The molecule has 2 N–H and O–H groups in total. The number of nitrogens with zero attached hydrogens (tertiary/aromatic N) is 1. The molecule has 0 radical (unpaired) electrons. The summed E-state index contributed by atoms with van der Waals surface area (Å²) in [5, 5.41) is 6.24. The number of amides is 2. The van der Waals surface area contributed by atoms with Gasteiger partial charge in [0.05, 0.1) is 35.8 Å². The van der Waals surface area contributed by atoms with Gasteiger partial charge in [0.15, 0.2) is 16.6 Å². The lowest BCUT2D eigenvalue weighted by molar-refractivity contribution is -0.113. The highest BCUT2D eigenvalue weighted by Gasteiger charge is 2.15. The van der Waals surface area contributed by atoms with Crippen molar-refractivity contribution in [2.45, 2.75) is 4.90 Å². The predicted octanol–water partition coefficient (Wildman–Crippen LogP) is 5.30. The van der Waals surface area contributed by atoms with Gasteiger partial charge in [0.25, 0.3) is 5.91 Å². The van der Waals surface area contributed by atoms with Crippen LogP contribution in [0.1, 0.15) is 10.4 Å². The number of benzene rings is 3.